The van der Waals surface area contributed by atoms with Gasteiger partial charge in [-0.1, -0.05) is 32.1 Å². The summed E-state index contributed by atoms with van der Waals surface area (Å²) in [7, 11) is 0. The molecule has 0 aromatic heterocycles. The zero-order valence-electron chi connectivity index (χ0n) is 18.2. The van der Waals surface area contributed by atoms with Crippen molar-refractivity contribution in [2.75, 3.05) is 0 Å². The molecule has 2 aliphatic rings. The van der Waals surface area contributed by atoms with Gasteiger partial charge in [0.15, 0.2) is 6.10 Å². The van der Waals surface area contributed by atoms with Gasteiger partial charge in [0, 0.05) is 11.1 Å². The molecule has 0 aromatic rings. The monoisotopic (exact) mass is 367 g/mol. The van der Waals surface area contributed by atoms with Crippen molar-refractivity contribution in [3.63, 3.8) is 0 Å². The Labute approximate surface area is 160 Å². The van der Waals surface area contributed by atoms with Crippen molar-refractivity contribution in [1.29, 1.82) is 0 Å². The second kappa shape index (κ2) is 8.18. The Hall–Kier alpha value is -0.610. The number of carbonyl (C=O) groups is 1. The molecule has 1 heterocycles. The van der Waals surface area contributed by atoms with Gasteiger partial charge in [-0.3, -0.25) is 4.84 Å². The second-order valence-electron chi connectivity index (χ2n) is 10.6. The summed E-state index contributed by atoms with van der Waals surface area (Å²) in [5, 5.41) is 2.11. The summed E-state index contributed by atoms with van der Waals surface area (Å²) in [5.74, 6) is 0.359. The molecule has 1 aliphatic carbocycles. The van der Waals surface area contributed by atoms with Crippen molar-refractivity contribution >= 4 is 5.97 Å². The first-order chi connectivity index (χ1) is 11.9. The molecular formula is C22H41NO3. The maximum atomic E-state index is 13.0. The van der Waals surface area contributed by atoms with Gasteiger partial charge in [0.1, 0.15) is 5.60 Å². The van der Waals surface area contributed by atoms with E-state index in [-0.39, 0.29) is 17.0 Å². The van der Waals surface area contributed by atoms with Crippen LogP contribution in [0.4, 0.5) is 0 Å². The van der Waals surface area contributed by atoms with E-state index in [1.54, 1.807) is 0 Å². The van der Waals surface area contributed by atoms with Gasteiger partial charge in [0.05, 0.1) is 0 Å². The molecule has 4 nitrogen and oxygen atoms in total. The number of rotatable bonds is 5. The predicted octanol–water partition coefficient (Wildman–Crippen LogP) is 5.64. The normalized spacial score (nSPS) is 25.7. The minimum atomic E-state index is -0.506. The molecule has 4 heteroatoms. The van der Waals surface area contributed by atoms with Gasteiger partial charge in [-0.05, 0) is 80.1 Å². The number of esters is 1. The summed E-state index contributed by atoms with van der Waals surface area (Å²) >= 11 is 0. The Bertz CT molecular complexity index is 456. The van der Waals surface area contributed by atoms with Crippen LogP contribution in [0.3, 0.4) is 0 Å². The van der Waals surface area contributed by atoms with Crippen molar-refractivity contribution in [2.45, 2.75) is 129 Å². The van der Waals surface area contributed by atoms with Crippen LogP contribution >= 0.6 is 0 Å². The first kappa shape index (κ1) is 21.7. The highest BCUT2D eigenvalue weighted by atomic mass is 16.7. The number of carbonyl (C=O) groups excluding carboxylic acids is 1. The average Bonchev–Trinajstić information content (AvgIpc) is 2.48. The fraction of sp³-hybridized carbons (Fsp3) is 0.955. The van der Waals surface area contributed by atoms with Gasteiger partial charge < -0.3 is 4.74 Å². The topological polar surface area (TPSA) is 38.8 Å². The van der Waals surface area contributed by atoms with Crippen molar-refractivity contribution in [1.82, 2.24) is 5.06 Å². The van der Waals surface area contributed by atoms with E-state index in [4.69, 9.17) is 9.57 Å². The summed E-state index contributed by atoms with van der Waals surface area (Å²) in [6, 6.07) is 0. The highest BCUT2D eigenvalue weighted by Gasteiger charge is 2.45. The summed E-state index contributed by atoms with van der Waals surface area (Å²) in [4.78, 5) is 19.4. The fourth-order valence-electron chi connectivity index (χ4n) is 4.66. The zero-order valence-corrected chi connectivity index (χ0v) is 18.2. The van der Waals surface area contributed by atoms with Crippen molar-refractivity contribution < 1.29 is 14.4 Å². The van der Waals surface area contributed by atoms with E-state index >= 15 is 0 Å². The molecule has 0 spiro atoms. The van der Waals surface area contributed by atoms with Crippen molar-refractivity contribution in [3.8, 4) is 0 Å². The van der Waals surface area contributed by atoms with Crippen LogP contribution in [0.2, 0.25) is 0 Å². The number of piperidine rings is 1. The molecule has 1 atom stereocenters. The van der Waals surface area contributed by atoms with E-state index in [2.05, 4.69) is 32.8 Å². The SMILES string of the molecule is CC(C)(C)OC(=O)C(CC1CCCCC1)ON1C(C)(C)CCCC1(C)C. The maximum absolute atomic E-state index is 13.0. The quantitative estimate of drug-likeness (QED) is 0.589. The molecule has 1 saturated heterocycles. The molecule has 0 aromatic carbocycles. The summed E-state index contributed by atoms with van der Waals surface area (Å²) < 4.78 is 5.73. The molecule has 0 amide bonds. The number of hydroxylamine groups is 2. The zero-order chi connectivity index (χ0) is 19.6. The van der Waals surface area contributed by atoms with Crippen molar-refractivity contribution in [3.05, 3.63) is 0 Å². The second-order valence-corrected chi connectivity index (χ2v) is 10.6. The molecular weight excluding hydrogens is 326 g/mol. The molecule has 1 saturated carbocycles. The lowest BCUT2D eigenvalue weighted by Gasteiger charge is -2.52. The Kier molecular flexibility index (Phi) is 6.82. The van der Waals surface area contributed by atoms with Crippen LogP contribution in [-0.4, -0.2) is 33.8 Å². The van der Waals surface area contributed by atoms with E-state index in [1.165, 1.54) is 38.5 Å². The first-order valence-electron chi connectivity index (χ1n) is 10.6. The highest BCUT2D eigenvalue weighted by Crippen LogP contribution is 2.40. The van der Waals surface area contributed by atoms with Crippen LogP contribution in [0.25, 0.3) is 0 Å². The number of nitrogens with zero attached hydrogens (tertiary/aromatic N) is 1. The lowest BCUT2D eigenvalue weighted by Crippen LogP contribution is -2.60. The van der Waals surface area contributed by atoms with Gasteiger partial charge in [-0.15, -0.1) is 0 Å². The van der Waals surface area contributed by atoms with E-state index in [0.717, 1.165) is 19.3 Å². The molecule has 26 heavy (non-hydrogen) atoms. The van der Waals surface area contributed by atoms with Crippen LogP contribution in [0.15, 0.2) is 0 Å². The first-order valence-corrected chi connectivity index (χ1v) is 10.6. The molecule has 2 rings (SSSR count). The van der Waals surface area contributed by atoms with Crippen LogP contribution in [0.5, 0.6) is 0 Å². The standard InChI is InChI=1S/C22H41NO3/c1-20(2,3)25-19(24)18(16-17-12-9-8-10-13-17)26-23-21(4,5)14-11-15-22(23,6)7/h17-18H,8-16H2,1-7H3. The third-order valence-electron chi connectivity index (χ3n) is 5.85. The van der Waals surface area contributed by atoms with Crippen LogP contribution in [0.1, 0.15) is 106 Å². The molecule has 0 N–H and O–H groups in total. The Morgan fingerprint density at radius 2 is 1.54 bits per heavy atom. The summed E-state index contributed by atoms with van der Waals surface area (Å²) in [6.45, 7) is 14.7. The van der Waals surface area contributed by atoms with Crippen LogP contribution < -0.4 is 0 Å². The van der Waals surface area contributed by atoms with Gasteiger partial charge in [0.2, 0.25) is 0 Å². The summed E-state index contributed by atoms with van der Waals surface area (Å²) in [5.41, 5.74) is -0.638. The van der Waals surface area contributed by atoms with E-state index in [1.807, 2.05) is 20.8 Å². The third kappa shape index (κ3) is 5.95. The van der Waals surface area contributed by atoms with Gasteiger partial charge in [-0.25, -0.2) is 4.79 Å². The van der Waals surface area contributed by atoms with Crippen LogP contribution in [0, 0.1) is 5.92 Å². The third-order valence-corrected chi connectivity index (χ3v) is 5.85. The minimum Gasteiger partial charge on any atom is -0.458 e. The maximum Gasteiger partial charge on any atom is 0.337 e. The molecule has 2 fully saturated rings. The Morgan fingerprint density at radius 3 is 2.04 bits per heavy atom. The number of hydrogen-bond donors (Lipinski definition) is 0. The molecule has 1 unspecified atom stereocenters. The van der Waals surface area contributed by atoms with E-state index in [9.17, 15) is 4.79 Å². The highest BCUT2D eigenvalue weighted by molar-refractivity contribution is 5.75. The van der Waals surface area contributed by atoms with Gasteiger partial charge >= 0.3 is 5.97 Å². The molecule has 152 valence electrons. The predicted molar refractivity (Wildman–Crippen MR) is 106 cm³/mol. The van der Waals surface area contributed by atoms with Gasteiger partial charge in [0.25, 0.3) is 0 Å². The number of ether oxygens (including phenoxy) is 1. The minimum absolute atomic E-state index is 0.0748. The molecule has 0 bridgehead atoms. The largest absolute Gasteiger partial charge is 0.458 e. The summed E-state index contributed by atoms with van der Waals surface area (Å²) in [6.07, 6.45) is 9.90. The number of hydrogen-bond acceptors (Lipinski definition) is 4. The van der Waals surface area contributed by atoms with Crippen molar-refractivity contribution in [2.24, 2.45) is 5.92 Å². The Balaban J connectivity index is 2.17. The average molecular weight is 368 g/mol. The fourth-order valence-corrected chi connectivity index (χ4v) is 4.66. The lowest BCUT2D eigenvalue weighted by atomic mass is 9.82. The lowest BCUT2D eigenvalue weighted by molar-refractivity contribution is -0.306. The van der Waals surface area contributed by atoms with E-state index in [0.29, 0.717) is 5.92 Å². The van der Waals surface area contributed by atoms with Gasteiger partial charge in [-0.2, -0.15) is 5.06 Å². The van der Waals surface area contributed by atoms with E-state index < -0.39 is 11.7 Å². The Morgan fingerprint density at radius 1 is 1.00 bits per heavy atom. The smallest absolute Gasteiger partial charge is 0.337 e. The van der Waals surface area contributed by atoms with Crippen LogP contribution in [-0.2, 0) is 14.4 Å². The molecule has 1 aliphatic heterocycles. The molecule has 0 radical (unpaired) electrons.